The number of carbonyl (C=O) groups is 1. The van der Waals surface area contributed by atoms with Crippen LogP contribution in [0, 0.1) is 6.92 Å². The number of pyridine rings is 1. The minimum atomic E-state index is -0.0700. The van der Waals surface area contributed by atoms with Gasteiger partial charge < -0.3 is 5.32 Å². The molecular formula is C18H18N4O. The number of amides is 1. The SMILES string of the molecule is Cc1ccccc1C(=O)NCc1ccc(-c2cnn(C)c2)nc1. The molecule has 0 bridgehead atoms. The Morgan fingerprint density at radius 2 is 2.00 bits per heavy atom. The van der Waals surface area contributed by atoms with Gasteiger partial charge in [0.25, 0.3) is 5.91 Å². The zero-order valence-electron chi connectivity index (χ0n) is 13.2. The number of aryl methyl sites for hydroxylation is 2. The van der Waals surface area contributed by atoms with Gasteiger partial charge in [0.05, 0.1) is 11.9 Å². The van der Waals surface area contributed by atoms with Crippen molar-refractivity contribution < 1.29 is 4.79 Å². The van der Waals surface area contributed by atoms with E-state index < -0.39 is 0 Å². The third-order valence-corrected chi connectivity index (χ3v) is 3.67. The number of rotatable bonds is 4. The van der Waals surface area contributed by atoms with Gasteiger partial charge in [-0.05, 0) is 30.2 Å². The molecule has 1 N–H and O–H groups in total. The molecular weight excluding hydrogens is 288 g/mol. The number of aromatic nitrogens is 3. The van der Waals surface area contributed by atoms with Crippen LogP contribution in [-0.4, -0.2) is 20.7 Å². The molecule has 1 amide bonds. The van der Waals surface area contributed by atoms with Gasteiger partial charge in [0.15, 0.2) is 0 Å². The quantitative estimate of drug-likeness (QED) is 0.806. The molecule has 0 fully saturated rings. The molecule has 0 spiro atoms. The first kappa shape index (κ1) is 15.0. The third-order valence-electron chi connectivity index (χ3n) is 3.67. The third kappa shape index (κ3) is 3.45. The zero-order chi connectivity index (χ0) is 16.2. The molecule has 3 aromatic rings. The summed E-state index contributed by atoms with van der Waals surface area (Å²) in [7, 11) is 1.87. The van der Waals surface area contributed by atoms with Crippen molar-refractivity contribution in [2.75, 3.05) is 0 Å². The average Bonchev–Trinajstić information content (AvgIpc) is 3.00. The largest absolute Gasteiger partial charge is 0.348 e. The highest BCUT2D eigenvalue weighted by Gasteiger charge is 2.08. The summed E-state index contributed by atoms with van der Waals surface area (Å²) in [4.78, 5) is 16.6. The Kier molecular flexibility index (Phi) is 4.19. The van der Waals surface area contributed by atoms with Crippen molar-refractivity contribution in [3.05, 3.63) is 71.7 Å². The van der Waals surface area contributed by atoms with Gasteiger partial charge in [0.1, 0.15) is 0 Å². The Morgan fingerprint density at radius 3 is 2.65 bits per heavy atom. The second-order valence-electron chi connectivity index (χ2n) is 5.45. The highest BCUT2D eigenvalue weighted by molar-refractivity contribution is 5.95. The van der Waals surface area contributed by atoms with Crippen molar-refractivity contribution >= 4 is 5.91 Å². The maximum Gasteiger partial charge on any atom is 0.251 e. The molecule has 5 nitrogen and oxygen atoms in total. The molecule has 2 heterocycles. The van der Waals surface area contributed by atoms with Gasteiger partial charge in [-0.1, -0.05) is 24.3 Å². The van der Waals surface area contributed by atoms with Crippen molar-refractivity contribution in [2.45, 2.75) is 13.5 Å². The molecule has 0 atom stereocenters. The first-order valence-electron chi connectivity index (χ1n) is 7.41. The van der Waals surface area contributed by atoms with Crippen LogP contribution in [0.1, 0.15) is 21.5 Å². The smallest absolute Gasteiger partial charge is 0.251 e. The predicted octanol–water partition coefficient (Wildman–Crippen LogP) is 2.72. The van der Waals surface area contributed by atoms with Crippen molar-refractivity contribution in [3.8, 4) is 11.3 Å². The van der Waals surface area contributed by atoms with E-state index in [4.69, 9.17) is 0 Å². The summed E-state index contributed by atoms with van der Waals surface area (Å²) in [5, 5.41) is 7.06. The number of hydrogen-bond acceptors (Lipinski definition) is 3. The van der Waals surface area contributed by atoms with Crippen LogP contribution < -0.4 is 5.32 Å². The van der Waals surface area contributed by atoms with E-state index in [2.05, 4.69) is 15.4 Å². The Labute approximate surface area is 135 Å². The van der Waals surface area contributed by atoms with Crippen LogP contribution in [0.5, 0.6) is 0 Å². The van der Waals surface area contributed by atoms with Crippen LogP contribution in [0.3, 0.4) is 0 Å². The second kappa shape index (κ2) is 6.44. The van der Waals surface area contributed by atoms with Gasteiger partial charge in [0.2, 0.25) is 0 Å². The van der Waals surface area contributed by atoms with E-state index in [0.29, 0.717) is 12.1 Å². The summed E-state index contributed by atoms with van der Waals surface area (Å²) in [6.07, 6.45) is 5.48. The van der Waals surface area contributed by atoms with Crippen LogP contribution >= 0.6 is 0 Å². The highest BCUT2D eigenvalue weighted by atomic mass is 16.1. The van der Waals surface area contributed by atoms with Gasteiger partial charge in [0, 0.05) is 37.1 Å². The van der Waals surface area contributed by atoms with Gasteiger partial charge in [-0.2, -0.15) is 5.10 Å². The van der Waals surface area contributed by atoms with Crippen molar-refractivity contribution in [1.29, 1.82) is 0 Å². The number of nitrogens with zero attached hydrogens (tertiary/aromatic N) is 3. The molecule has 5 heteroatoms. The minimum absolute atomic E-state index is 0.0700. The first-order valence-corrected chi connectivity index (χ1v) is 7.41. The lowest BCUT2D eigenvalue weighted by atomic mass is 10.1. The molecule has 2 aromatic heterocycles. The summed E-state index contributed by atoms with van der Waals surface area (Å²) >= 11 is 0. The van der Waals surface area contributed by atoms with Crippen molar-refractivity contribution in [3.63, 3.8) is 0 Å². The van der Waals surface area contributed by atoms with Gasteiger partial charge in [-0.3, -0.25) is 14.5 Å². The predicted molar refractivity (Wildman–Crippen MR) is 88.8 cm³/mol. The zero-order valence-corrected chi connectivity index (χ0v) is 13.2. The molecule has 0 aliphatic rings. The van der Waals surface area contributed by atoms with E-state index in [1.165, 1.54) is 0 Å². The average molecular weight is 306 g/mol. The molecule has 1 aromatic carbocycles. The van der Waals surface area contributed by atoms with E-state index >= 15 is 0 Å². The summed E-state index contributed by atoms with van der Waals surface area (Å²) < 4.78 is 1.74. The fraction of sp³-hybridized carbons (Fsp3) is 0.167. The summed E-state index contributed by atoms with van der Waals surface area (Å²) in [6, 6.07) is 11.5. The molecule has 0 saturated heterocycles. The monoisotopic (exact) mass is 306 g/mol. The van der Waals surface area contributed by atoms with E-state index in [1.807, 2.05) is 56.6 Å². The van der Waals surface area contributed by atoms with Crippen LogP contribution in [0.2, 0.25) is 0 Å². The lowest BCUT2D eigenvalue weighted by Gasteiger charge is -2.07. The molecule has 23 heavy (non-hydrogen) atoms. The van der Waals surface area contributed by atoms with Crippen molar-refractivity contribution in [2.24, 2.45) is 7.05 Å². The molecule has 0 radical (unpaired) electrons. The Hall–Kier alpha value is -2.95. The number of benzene rings is 1. The Bertz CT molecular complexity index is 821. The maximum absolute atomic E-state index is 12.2. The van der Waals surface area contributed by atoms with E-state index in [-0.39, 0.29) is 5.91 Å². The van der Waals surface area contributed by atoms with Crippen LogP contribution in [0.4, 0.5) is 0 Å². The fourth-order valence-electron chi connectivity index (χ4n) is 2.36. The van der Waals surface area contributed by atoms with Crippen LogP contribution in [-0.2, 0) is 13.6 Å². The second-order valence-corrected chi connectivity index (χ2v) is 5.45. The maximum atomic E-state index is 12.2. The van der Waals surface area contributed by atoms with E-state index in [9.17, 15) is 4.79 Å². The normalized spacial score (nSPS) is 10.5. The molecule has 0 aliphatic carbocycles. The van der Waals surface area contributed by atoms with Crippen molar-refractivity contribution in [1.82, 2.24) is 20.1 Å². The Balaban J connectivity index is 1.65. The van der Waals surface area contributed by atoms with Gasteiger partial charge in [-0.15, -0.1) is 0 Å². The minimum Gasteiger partial charge on any atom is -0.348 e. The number of carbonyl (C=O) groups excluding carboxylic acids is 1. The lowest BCUT2D eigenvalue weighted by molar-refractivity contribution is 0.0950. The Morgan fingerprint density at radius 1 is 1.17 bits per heavy atom. The molecule has 3 rings (SSSR count). The summed E-state index contributed by atoms with van der Waals surface area (Å²) in [5.74, 6) is -0.0700. The van der Waals surface area contributed by atoms with Gasteiger partial charge in [-0.25, -0.2) is 0 Å². The topological polar surface area (TPSA) is 59.8 Å². The number of hydrogen-bond donors (Lipinski definition) is 1. The molecule has 0 unspecified atom stereocenters. The van der Waals surface area contributed by atoms with Crippen LogP contribution in [0.25, 0.3) is 11.3 Å². The van der Waals surface area contributed by atoms with E-state index in [0.717, 1.165) is 22.4 Å². The summed E-state index contributed by atoms with van der Waals surface area (Å²) in [6.45, 7) is 2.38. The standard InChI is InChI=1S/C18H18N4O/c1-13-5-3-4-6-16(13)18(23)20-10-14-7-8-17(19-9-14)15-11-21-22(2)12-15/h3-9,11-12H,10H2,1-2H3,(H,20,23). The number of nitrogens with one attached hydrogen (secondary N) is 1. The summed E-state index contributed by atoms with van der Waals surface area (Å²) in [5.41, 5.74) is 4.47. The fourth-order valence-corrected chi connectivity index (χ4v) is 2.36. The van der Waals surface area contributed by atoms with Crippen LogP contribution in [0.15, 0.2) is 55.0 Å². The lowest BCUT2D eigenvalue weighted by Crippen LogP contribution is -2.23. The first-order chi connectivity index (χ1) is 11.1. The van der Waals surface area contributed by atoms with Gasteiger partial charge >= 0.3 is 0 Å². The molecule has 0 saturated carbocycles. The molecule has 0 aliphatic heterocycles. The van der Waals surface area contributed by atoms with E-state index in [1.54, 1.807) is 17.1 Å². The molecule has 116 valence electrons. The highest BCUT2D eigenvalue weighted by Crippen LogP contribution is 2.15.